The summed E-state index contributed by atoms with van der Waals surface area (Å²) in [6, 6.07) is 24.5. The zero-order chi connectivity index (χ0) is 20.7. The molecule has 0 aliphatic rings. The van der Waals surface area contributed by atoms with Gasteiger partial charge in [0.05, 0.1) is 4.90 Å². The summed E-state index contributed by atoms with van der Waals surface area (Å²) in [5, 5.41) is 2.84. The van der Waals surface area contributed by atoms with Crippen LogP contribution in [0.1, 0.15) is 16.7 Å². The Morgan fingerprint density at radius 1 is 0.828 bits per heavy atom. The lowest BCUT2D eigenvalue weighted by Crippen LogP contribution is -2.47. The summed E-state index contributed by atoms with van der Waals surface area (Å²) in [5.74, 6) is -0.367. The van der Waals surface area contributed by atoms with Gasteiger partial charge in [-0.15, -0.1) is 0 Å². The Balaban J connectivity index is 1.78. The van der Waals surface area contributed by atoms with Gasteiger partial charge >= 0.3 is 0 Å². The molecule has 29 heavy (non-hydrogen) atoms. The van der Waals surface area contributed by atoms with Crippen LogP contribution in [0.2, 0.25) is 0 Å². The second-order valence-electron chi connectivity index (χ2n) is 6.88. The van der Waals surface area contributed by atoms with E-state index in [0.717, 1.165) is 16.7 Å². The van der Waals surface area contributed by atoms with Gasteiger partial charge in [-0.1, -0.05) is 78.4 Å². The van der Waals surface area contributed by atoms with Crippen molar-refractivity contribution in [3.8, 4) is 0 Å². The molecule has 1 amide bonds. The Kier molecular flexibility index (Phi) is 6.80. The Labute approximate surface area is 171 Å². The van der Waals surface area contributed by atoms with Crippen molar-refractivity contribution in [2.75, 3.05) is 0 Å². The number of hydrogen-bond acceptors (Lipinski definition) is 3. The molecule has 6 heteroatoms. The quantitative estimate of drug-likeness (QED) is 0.601. The van der Waals surface area contributed by atoms with E-state index in [4.69, 9.17) is 0 Å². The number of hydrogen-bond donors (Lipinski definition) is 2. The molecular weight excluding hydrogens is 384 g/mol. The van der Waals surface area contributed by atoms with Crippen LogP contribution in [-0.4, -0.2) is 20.4 Å². The smallest absolute Gasteiger partial charge is 0.241 e. The molecule has 3 aromatic carbocycles. The van der Waals surface area contributed by atoms with Crippen molar-refractivity contribution in [3.05, 3.63) is 102 Å². The van der Waals surface area contributed by atoms with Gasteiger partial charge < -0.3 is 5.32 Å². The van der Waals surface area contributed by atoms with Gasteiger partial charge in [-0.25, -0.2) is 8.42 Å². The molecule has 0 heterocycles. The van der Waals surface area contributed by atoms with Crippen molar-refractivity contribution in [2.45, 2.75) is 30.8 Å². The molecule has 0 fully saturated rings. The number of benzene rings is 3. The van der Waals surface area contributed by atoms with Crippen LogP contribution in [0.25, 0.3) is 0 Å². The SMILES string of the molecule is Cc1ccc(S(=O)(=O)NC(Cc2ccccc2)C(=O)NCc2ccccc2)cc1. The molecule has 1 atom stereocenters. The molecule has 3 rings (SSSR count). The molecule has 2 N–H and O–H groups in total. The first-order chi connectivity index (χ1) is 13.9. The highest BCUT2D eigenvalue weighted by Gasteiger charge is 2.26. The minimum Gasteiger partial charge on any atom is -0.351 e. The van der Waals surface area contributed by atoms with Crippen molar-refractivity contribution >= 4 is 15.9 Å². The van der Waals surface area contributed by atoms with E-state index in [-0.39, 0.29) is 17.2 Å². The number of nitrogens with one attached hydrogen (secondary N) is 2. The predicted octanol–water partition coefficient (Wildman–Crippen LogP) is 3.20. The molecule has 0 aliphatic heterocycles. The Morgan fingerprint density at radius 3 is 1.97 bits per heavy atom. The largest absolute Gasteiger partial charge is 0.351 e. The number of rotatable bonds is 8. The first kappa shape index (κ1) is 20.8. The predicted molar refractivity (Wildman–Crippen MR) is 114 cm³/mol. The van der Waals surface area contributed by atoms with Crippen LogP contribution in [0.5, 0.6) is 0 Å². The zero-order valence-electron chi connectivity index (χ0n) is 16.2. The van der Waals surface area contributed by atoms with Gasteiger partial charge in [-0.05, 0) is 36.6 Å². The fourth-order valence-corrected chi connectivity index (χ4v) is 4.11. The Hall–Kier alpha value is -2.96. The van der Waals surface area contributed by atoms with Gasteiger partial charge in [0, 0.05) is 6.54 Å². The summed E-state index contributed by atoms with van der Waals surface area (Å²) in [6.45, 7) is 2.22. The third kappa shape index (κ3) is 6.01. The van der Waals surface area contributed by atoms with E-state index in [1.165, 1.54) is 0 Å². The van der Waals surface area contributed by atoms with E-state index in [0.29, 0.717) is 6.54 Å². The van der Waals surface area contributed by atoms with E-state index >= 15 is 0 Å². The van der Waals surface area contributed by atoms with Crippen LogP contribution in [0.3, 0.4) is 0 Å². The molecule has 150 valence electrons. The molecule has 0 aromatic heterocycles. The standard InChI is InChI=1S/C23H24N2O3S/c1-18-12-14-21(15-13-18)29(27,28)25-22(16-19-8-4-2-5-9-19)23(26)24-17-20-10-6-3-7-11-20/h2-15,22,25H,16-17H2,1H3,(H,24,26). The molecule has 0 radical (unpaired) electrons. The van der Waals surface area contributed by atoms with Gasteiger partial charge in [0.25, 0.3) is 0 Å². The highest BCUT2D eigenvalue weighted by atomic mass is 32.2. The third-order valence-electron chi connectivity index (χ3n) is 4.54. The first-order valence-corrected chi connectivity index (χ1v) is 10.9. The summed E-state index contributed by atoms with van der Waals surface area (Å²) < 4.78 is 28.2. The van der Waals surface area contributed by atoms with Crippen molar-refractivity contribution in [1.82, 2.24) is 10.0 Å². The van der Waals surface area contributed by atoms with E-state index < -0.39 is 16.1 Å². The van der Waals surface area contributed by atoms with Crippen LogP contribution in [0, 0.1) is 6.92 Å². The van der Waals surface area contributed by atoms with E-state index in [2.05, 4.69) is 10.0 Å². The molecule has 0 bridgehead atoms. The summed E-state index contributed by atoms with van der Waals surface area (Å²) in [4.78, 5) is 13.0. The number of aryl methyl sites for hydroxylation is 1. The lowest BCUT2D eigenvalue weighted by atomic mass is 10.1. The Morgan fingerprint density at radius 2 is 1.38 bits per heavy atom. The molecule has 0 aliphatic carbocycles. The molecule has 1 unspecified atom stereocenters. The average Bonchev–Trinajstić information content (AvgIpc) is 2.73. The van der Waals surface area contributed by atoms with Crippen LogP contribution in [-0.2, 0) is 27.8 Å². The summed E-state index contributed by atoms with van der Waals surface area (Å²) >= 11 is 0. The van der Waals surface area contributed by atoms with Crippen molar-refractivity contribution < 1.29 is 13.2 Å². The monoisotopic (exact) mass is 408 g/mol. The van der Waals surface area contributed by atoms with Gasteiger partial charge in [0.1, 0.15) is 6.04 Å². The third-order valence-corrected chi connectivity index (χ3v) is 6.02. The second-order valence-corrected chi connectivity index (χ2v) is 8.59. The topological polar surface area (TPSA) is 75.3 Å². The molecule has 0 saturated heterocycles. The fourth-order valence-electron chi connectivity index (χ4n) is 2.92. The molecular formula is C23H24N2O3S. The Bertz CT molecular complexity index is 1030. The lowest BCUT2D eigenvalue weighted by molar-refractivity contribution is -0.122. The molecule has 0 spiro atoms. The van der Waals surface area contributed by atoms with Crippen LogP contribution in [0.4, 0.5) is 0 Å². The minimum absolute atomic E-state index is 0.136. The highest BCUT2D eigenvalue weighted by molar-refractivity contribution is 7.89. The normalized spacial score (nSPS) is 12.3. The maximum Gasteiger partial charge on any atom is 0.241 e. The summed E-state index contributed by atoms with van der Waals surface area (Å²) in [6.07, 6.45) is 0.257. The number of carbonyl (C=O) groups excluding carboxylic acids is 1. The van der Waals surface area contributed by atoms with Crippen molar-refractivity contribution in [2.24, 2.45) is 0 Å². The molecule has 0 saturated carbocycles. The number of sulfonamides is 1. The number of carbonyl (C=O) groups is 1. The number of amides is 1. The van der Waals surface area contributed by atoms with Crippen LogP contribution in [0.15, 0.2) is 89.8 Å². The van der Waals surface area contributed by atoms with Gasteiger partial charge in [-0.3, -0.25) is 4.79 Å². The van der Waals surface area contributed by atoms with Gasteiger partial charge in [-0.2, -0.15) is 4.72 Å². The van der Waals surface area contributed by atoms with E-state index in [1.807, 2.05) is 67.6 Å². The highest BCUT2D eigenvalue weighted by Crippen LogP contribution is 2.13. The zero-order valence-corrected chi connectivity index (χ0v) is 17.0. The van der Waals surface area contributed by atoms with E-state index in [9.17, 15) is 13.2 Å². The fraction of sp³-hybridized carbons (Fsp3) is 0.174. The van der Waals surface area contributed by atoms with Gasteiger partial charge in [0.2, 0.25) is 15.9 Å². The lowest BCUT2D eigenvalue weighted by Gasteiger charge is -2.19. The first-order valence-electron chi connectivity index (χ1n) is 9.38. The summed E-state index contributed by atoms with van der Waals surface area (Å²) in [7, 11) is -3.84. The van der Waals surface area contributed by atoms with Gasteiger partial charge in [0.15, 0.2) is 0 Å². The second kappa shape index (κ2) is 9.49. The van der Waals surface area contributed by atoms with Crippen LogP contribution >= 0.6 is 0 Å². The van der Waals surface area contributed by atoms with E-state index in [1.54, 1.807) is 24.3 Å². The molecule has 5 nitrogen and oxygen atoms in total. The maximum atomic E-state index is 12.8. The average molecular weight is 409 g/mol. The maximum absolute atomic E-state index is 12.8. The van der Waals surface area contributed by atoms with Crippen LogP contribution < -0.4 is 10.0 Å². The molecule has 3 aromatic rings. The minimum atomic E-state index is -3.84. The van der Waals surface area contributed by atoms with Crippen molar-refractivity contribution in [3.63, 3.8) is 0 Å². The summed E-state index contributed by atoms with van der Waals surface area (Å²) in [5.41, 5.74) is 2.78. The van der Waals surface area contributed by atoms with Crippen molar-refractivity contribution in [1.29, 1.82) is 0 Å².